The molecule has 1 saturated heterocycles. The number of ether oxygens (including phenoxy) is 2. The van der Waals surface area contributed by atoms with Crippen molar-refractivity contribution in [3.05, 3.63) is 59.6 Å². The summed E-state index contributed by atoms with van der Waals surface area (Å²) in [7, 11) is 0. The Morgan fingerprint density at radius 3 is 2.63 bits per heavy atom. The highest BCUT2D eigenvalue weighted by molar-refractivity contribution is 6.33. The van der Waals surface area contributed by atoms with Gasteiger partial charge in [-0.25, -0.2) is 9.97 Å². The maximum Gasteiger partial charge on any atom is 0.245 e. The van der Waals surface area contributed by atoms with Crippen molar-refractivity contribution in [2.75, 3.05) is 39.3 Å². The van der Waals surface area contributed by atoms with Crippen LogP contribution in [0.1, 0.15) is 25.3 Å². The Morgan fingerprint density at radius 1 is 1.05 bits per heavy atom. The van der Waals surface area contributed by atoms with Gasteiger partial charge in [-0.05, 0) is 62.1 Å². The minimum Gasteiger partial charge on any atom is -0.492 e. The van der Waals surface area contributed by atoms with Crippen molar-refractivity contribution < 1.29 is 9.47 Å². The number of hydrogen-bond donors (Lipinski definition) is 1. The average molecular weight is 534 g/mol. The number of halogens is 1. The van der Waals surface area contributed by atoms with Gasteiger partial charge in [0, 0.05) is 57.2 Å². The lowest BCUT2D eigenvalue weighted by molar-refractivity contribution is 0.191. The van der Waals surface area contributed by atoms with Gasteiger partial charge in [0.1, 0.15) is 30.1 Å². The van der Waals surface area contributed by atoms with Crippen LogP contribution in [0.25, 0.3) is 22.6 Å². The molecule has 4 heterocycles. The number of hydrogen-bond acceptors (Lipinski definition) is 8. The second-order valence-corrected chi connectivity index (χ2v) is 10.6. The lowest BCUT2D eigenvalue weighted by atomic mass is 10.1. The van der Waals surface area contributed by atoms with E-state index in [4.69, 9.17) is 26.1 Å². The third-order valence-electron chi connectivity index (χ3n) is 7.24. The van der Waals surface area contributed by atoms with Crippen molar-refractivity contribution in [3.8, 4) is 23.0 Å². The van der Waals surface area contributed by atoms with Crippen LogP contribution in [-0.4, -0.2) is 74.3 Å². The highest BCUT2D eigenvalue weighted by atomic mass is 35.5. The molecule has 0 spiro atoms. The molecule has 0 radical (unpaired) electrons. The molecular formula is C28H32ClN7O2. The Labute approximate surface area is 227 Å². The number of rotatable bonds is 10. The van der Waals surface area contributed by atoms with Crippen LogP contribution in [0.4, 0.5) is 0 Å². The number of imidazole rings is 1. The van der Waals surface area contributed by atoms with Gasteiger partial charge < -0.3 is 19.4 Å². The van der Waals surface area contributed by atoms with E-state index in [0.29, 0.717) is 29.6 Å². The molecule has 10 heteroatoms. The molecule has 0 bridgehead atoms. The monoisotopic (exact) mass is 533 g/mol. The zero-order chi connectivity index (χ0) is 26.0. The van der Waals surface area contributed by atoms with Crippen LogP contribution in [0.5, 0.6) is 11.6 Å². The maximum atomic E-state index is 6.84. The topological polar surface area (TPSA) is 90.2 Å². The van der Waals surface area contributed by atoms with Gasteiger partial charge in [-0.3, -0.25) is 9.88 Å². The molecule has 6 rings (SSSR count). The Kier molecular flexibility index (Phi) is 7.14. The van der Waals surface area contributed by atoms with Crippen LogP contribution in [0.15, 0.2) is 49.1 Å². The van der Waals surface area contributed by atoms with Crippen molar-refractivity contribution in [1.82, 2.24) is 34.7 Å². The minimum absolute atomic E-state index is 0.177. The van der Waals surface area contributed by atoms with Crippen molar-refractivity contribution in [3.63, 3.8) is 0 Å². The summed E-state index contributed by atoms with van der Waals surface area (Å²) in [5.41, 5.74) is 3.21. The predicted molar refractivity (Wildman–Crippen MR) is 147 cm³/mol. The lowest BCUT2D eigenvalue weighted by Gasteiger charge is -2.26. The number of piperazine rings is 1. The van der Waals surface area contributed by atoms with E-state index in [1.165, 1.54) is 5.56 Å². The molecule has 1 N–H and O–H groups in total. The smallest absolute Gasteiger partial charge is 0.245 e. The van der Waals surface area contributed by atoms with Gasteiger partial charge in [0.25, 0.3) is 0 Å². The van der Waals surface area contributed by atoms with Gasteiger partial charge in [0.2, 0.25) is 5.88 Å². The Balaban J connectivity index is 1.28. The molecule has 2 fully saturated rings. The quantitative estimate of drug-likeness (QED) is 0.327. The number of aromatic nitrogens is 5. The first kappa shape index (κ1) is 25.0. The maximum absolute atomic E-state index is 6.84. The van der Waals surface area contributed by atoms with E-state index >= 15 is 0 Å². The molecule has 0 atom stereocenters. The molecule has 1 aliphatic carbocycles. The number of aryl methyl sites for hydroxylation is 2. The van der Waals surface area contributed by atoms with Crippen LogP contribution in [0.3, 0.4) is 0 Å². The predicted octanol–water partition coefficient (Wildman–Crippen LogP) is 4.00. The first-order chi connectivity index (χ1) is 18.6. The molecule has 1 aliphatic heterocycles. The largest absolute Gasteiger partial charge is 0.492 e. The van der Waals surface area contributed by atoms with E-state index in [1.807, 2.05) is 42.7 Å². The standard InChI is InChI=1S/C28H32ClN7O2/c1-28(7-8-28)38-27-24-26(32-19-33-27)36(13-6-20-4-9-30-10-5-20)25(34-24)22-3-2-21(18-23(22)29)37-17-16-35-14-11-31-12-15-35/h2-5,9-10,18-19,31H,6-8,11-17H2,1H3. The van der Waals surface area contributed by atoms with Gasteiger partial charge in [0.15, 0.2) is 11.2 Å². The van der Waals surface area contributed by atoms with Gasteiger partial charge >= 0.3 is 0 Å². The first-order valence-corrected chi connectivity index (χ1v) is 13.6. The normalized spacial score (nSPS) is 17.0. The zero-order valence-electron chi connectivity index (χ0n) is 21.6. The summed E-state index contributed by atoms with van der Waals surface area (Å²) in [5.74, 6) is 2.00. The summed E-state index contributed by atoms with van der Waals surface area (Å²) in [6, 6.07) is 9.85. The van der Waals surface area contributed by atoms with Gasteiger partial charge in [-0.2, -0.15) is 4.98 Å². The third kappa shape index (κ3) is 5.60. The molecule has 2 aliphatic rings. The summed E-state index contributed by atoms with van der Waals surface area (Å²) in [4.78, 5) is 20.6. The summed E-state index contributed by atoms with van der Waals surface area (Å²) in [6.07, 6.45) is 7.99. The fourth-order valence-corrected chi connectivity index (χ4v) is 4.96. The minimum atomic E-state index is -0.177. The molecule has 9 nitrogen and oxygen atoms in total. The van der Waals surface area contributed by atoms with Crippen molar-refractivity contribution in [2.45, 2.75) is 38.3 Å². The van der Waals surface area contributed by atoms with E-state index < -0.39 is 0 Å². The second-order valence-electron chi connectivity index (χ2n) is 10.2. The van der Waals surface area contributed by atoms with Crippen LogP contribution >= 0.6 is 11.6 Å². The summed E-state index contributed by atoms with van der Waals surface area (Å²) >= 11 is 6.84. The summed E-state index contributed by atoms with van der Waals surface area (Å²) in [5, 5.41) is 3.95. The molecule has 1 saturated carbocycles. The van der Waals surface area contributed by atoms with Gasteiger partial charge in [0.05, 0.1) is 5.02 Å². The van der Waals surface area contributed by atoms with E-state index in [-0.39, 0.29) is 5.60 Å². The molecule has 0 amide bonds. The number of benzene rings is 1. The Hall–Kier alpha value is -3.27. The van der Waals surface area contributed by atoms with Crippen LogP contribution in [0, 0.1) is 0 Å². The molecule has 38 heavy (non-hydrogen) atoms. The summed E-state index contributed by atoms with van der Waals surface area (Å²) in [6.45, 7) is 8.43. The number of pyridine rings is 1. The fourth-order valence-electron chi connectivity index (χ4n) is 4.70. The van der Waals surface area contributed by atoms with Crippen LogP contribution in [0.2, 0.25) is 5.02 Å². The fraction of sp³-hybridized carbons (Fsp3) is 0.429. The molecule has 4 aromatic rings. The van der Waals surface area contributed by atoms with Gasteiger partial charge in [-0.15, -0.1) is 0 Å². The Morgan fingerprint density at radius 2 is 1.87 bits per heavy atom. The molecular weight excluding hydrogens is 502 g/mol. The van der Waals surface area contributed by atoms with Crippen molar-refractivity contribution in [2.24, 2.45) is 0 Å². The summed E-state index contributed by atoms with van der Waals surface area (Å²) < 4.78 is 14.4. The number of fused-ring (bicyclic) bond motifs is 1. The van der Waals surface area contributed by atoms with Crippen LogP contribution < -0.4 is 14.8 Å². The zero-order valence-corrected chi connectivity index (χ0v) is 22.3. The van der Waals surface area contributed by atoms with Crippen LogP contribution in [-0.2, 0) is 13.0 Å². The molecule has 198 valence electrons. The second kappa shape index (κ2) is 10.8. The molecule has 1 aromatic carbocycles. The SMILES string of the molecule is CC1(Oc2ncnc3c2nc(-c2ccc(OCCN4CCNCC4)cc2Cl)n3CCc2ccncc2)CC1. The highest BCUT2D eigenvalue weighted by Gasteiger charge is 2.41. The third-order valence-corrected chi connectivity index (χ3v) is 7.55. The molecule has 3 aromatic heterocycles. The van der Waals surface area contributed by atoms with E-state index in [2.05, 4.69) is 36.7 Å². The van der Waals surface area contributed by atoms with Crippen molar-refractivity contribution >= 4 is 22.8 Å². The van der Waals surface area contributed by atoms with Crippen molar-refractivity contribution in [1.29, 1.82) is 0 Å². The Bertz CT molecular complexity index is 1400. The van der Waals surface area contributed by atoms with E-state index in [0.717, 1.165) is 74.8 Å². The number of nitrogens with zero attached hydrogens (tertiary/aromatic N) is 6. The van der Waals surface area contributed by atoms with E-state index in [9.17, 15) is 0 Å². The number of nitrogens with one attached hydrogen (secondary N) is 1. The highest BCUT2D eigenvalue weighted by Crippen LogP contribution is 2.41. The average Bonchev–Trinajstić information content (AvgIpc) is 3.54. The lowest BCUT2D eigenvalue weighted by Crippen LogP contribution is -2.44. The first-order valence-electron chi connectivity index (χ1n) is 13.2. The molecule has 0 unspecified atom stereocenters. The van der Waals surface area contributed by atoms with E-state index in [1.54, 1.807) is 6.33 Å². The van der Waals surface area contributed by atoms with Gasteiger partial charge in [-0.1, -0.05) is 11.6 Å².